The largest absolute Gasteiger partial charge is 0.370 e. The second-order valence-electron chi connectivity index (χ2n) is 6.64. The number of hydrogen-bond donors (Lipinski definition) is 3. The first-order valence-corrected chi connectivity index (χ1v) is 9.09. The molecule has 1 atom stereocenters. The van der Waals surface area contributed by atoms with Crippen molar-refractivity contribution in [3.05, 3.63) is 77.4 Å². The van der Waals surface area contributed by atoms with Crippen LogP contribution in [0.5, 0.6) is 0 Å². The predicted molar refractivity (Wildman–Crippen MR) is 107 cm³/mol. The van der Waals surface area contributed by atoms with Crippen molar-refractivity contribution in [3.63, 3.8) is 0 Å². The molecular weight excluding hydrogens is 357 g/mol. The smallest absolute Gasteiger partial charge is 0.188 e. The summed E-state index contributed by atoms with van der Waals surface area (Å²) in [6.07, 6.45) is 0. The Labute approximate surface area is 163 Å². The van der Waals surface area contributed by atoms with E-state index in [0.717, 1.165) is 11.1 Å². The van der Waals surface area contributed by atoms with E-state index in [-0.39, 0.29) is 17.7 Å². The van der Waals surface area contributed by atoms with Gasteiger partial charge in [0, 0.05) is 30.6 Å². The van der Waals surface area contributed by atoms with Gasteiger partial charge in [0.15, 0.2) is 5.96 Å². The Morgan fingerprint density at radius 1 is 1.21 bits per heavy atom. The summed E-state index contributed by atoms with van der Waals surface area (Å²) in [5.74, 6) is 0.113. The summed E-state index contributed by atoms with van der Waals surface area (Å²) in [6, 6.07) is 16.5. The molecule has 2 aromatic carbocycles. The average molecular weight is 381 g/mol. The molecule has 3 aromatic rings. The molecule has 0 aliphatic carbocycles. The minimum atomic E-state index is -0.277. The van der Waals surface area contributed by atoms with Gasteiger partial charge in [-0.15, -0.1) is 0 Å². The molecule has 0 aliphatic heterocycles. The second-order valence-corrected chi connectivity index (χ2v) is 6.64. The van der Waals surface area contributed by atoms with Gasteiger partial charge in [-0.2, -0.15) is 0 Å². The lowest BCUT2D eigenvalue weighted by atomic mass is 9.95. The normalized spacial score (nSPS) is 12.0. The van der Waals surface area contributed by atoms with Crippen LogP contribution in [0.25, 0.3) is 11.1 Å². The summed E-state index contributed by atoms with van der Waals surface area (Å²) in [6.45, 7) is 3.11. The van der Waals surface area contributed by atoms with Gasteiger partial charge in [0.05, 0.1) is 6.54 Å². The molecule has 0 saturated heterocycles. The molecular formula is C21H24FN5O. The van der Waals surface area contributed by atoms with E-state index < -0.39 is 0 Å². The molecule has 0 saturated carbocycles. The summed E-state index contributed by atoms with van der Waals surface area (Å²) in [4.78, 5) is 1.61. The summed E-state index contributed by atoms with van der Waals surface area (Å²) < 4.78 is 20.1. The van der Waals surface area contributed by atoms with Crippen LogP contribution in [0, 0.1) is 11.2 Å². The molecule has 146 valence electrons. The first-order valence-electron chi connectivity index (χ1n) is 9.09. The Morgan fingerprint density at radius 2 is 1.96 bits per heavy atom. The maximum absolute atomic E-state index is 14.7. The molecule has 5 N–H and O–H groups in total. The van der Waals surface area contributed by atoms with Crippen molar-refractivity contribution in [3.8, 4) is 11.1 Å². The van der Waals surface area contributed by atoms with Crippen molar-refractivity contribution in [2.75, 3.05) is 13.1 Å². The van der Waals surface area contributed by atoms with E-state index >= 15 is 0 Å². The van der Waals surface area contributed by atoms with E-state index in [2.05, 4.69) is 5.16 Å². The van der Waals surface area contributed by atoms with Crippen LogP contribution in [-0.2, 0) is 6.54 Å². The molecule has 0 bridgehead atoms. The van der Waals surface area contributed by atoms with E-state index in [9.17, 15) is 4.39 Å². The number of aromatic nitrogens is 1. The summed E-state index contributed by atoms with van der Waals surface area (Å²) in [7, 11) is 0. The van der Waals surface area contributed by atoms with E-state index in [1.165, 1.54) is 6.07 Å². The minimum absolute atomic E-state index is 0.0679. The Morgan fingerprint density at radius 3 is 2.61 bits per heavy atom. The average Bonchev–Trinajstić information content (AvgIpc) is 3.16. The van der Waals surface area contributed by atoms with E-state index in [0.29, 0.717) is 36.7 Å². The van der Waals surface area contributed by atoms with Crippen LogP contribution < -0.4 is 11.5 Å². The molecule has 1 aromatic heterocycles. The third-order valence-electron chi connectivity index (χ3n) is 4.67. The number of nitrogens with zero attached hydrogens (tertiary/aromatic N) is 2. The Hall–Kier alpha value is -3.19. The SMILES string of the molecule is CC(c1ccc(-c2ccccc2)c(F)c1)c1cc(CN(CCN)C(=N)N)no1. The Balaban J connectivity index is 1.77. The van der Waals surface area contributed by atoms with Gasteiger partial charge in [-0.25, -0.2) is 4.39 Å². The van der Waals surface area contributed by atoms with Crippen molar-refractivity contribution in [2.45, 2.75) is 19.4 Å². The Bertz CT molecular complexity index is 941. The first-order chi connectivity index (χ1) is 13.5. The summed E-state index contributed by atoms with van der Waals surface area (Å²) >= 11 is 0. The fourth-order valence-electron chi connectivity index (χ4n) is 3.06. The van der Waals surface area contributed by atoms with Gasteiger partial charge >= 0.3 is 0 Å². The molecule has 7 heteroatoms. The van der Waals surface area contributed by atoms with E-state index in [1.54, 1.807) is 17.0 Å². The van der Waals surface area contributed by atoms with Gasteiger partial charge in [0.25, 0.3) is 0 Å². The highest BCUT2D eigenvalue weighted by atomic mass is 19.1. The number of nitrogens with two attached hydrogens (primary N) is 2. The first kappa shape index (κ1) is 19.6. The van der Waals surface area contributed by atoms with E-state index in [1.807, 2.05) is 43.3 Å². The van der Waals surface area contributed by atoms with Crippen molar-refractivity contribution < 1.29 is 8.91 Å². The Kier molecular flexibility index (Phi) is 6.06. The topological polar surface area (TPSA) is 105 Å². The zero-order chi connectivity index (χ0) is 20.1. The minimum Gasteiger partial charge on any atom is -0.370 e. The number of nitrogens with one attached hydrogen (secondary N) is 1. The van der Waals surface area contributed by atoms with Gasteiger partial charge in [0.2, 0.25) is 0 Å². The summed E-state index contributed by atoms with van der Waals surface area (Å²) in [5.41, 5.74) is 13.9. The van der Waals surface area contributed by atoms with Crippen LogP contribution >= 0.6 is 0 Å². The molecule has 0 fully saturated rings. The monoisotopic (exact) mass is 381 g/mol. The standard InChI is InChI=1S/C21H24FN5O/c1-14(20-12-17(26-28-20)13-27(10-9-23)21(24)25)16-7-8-18(19(22)11-16)15-5-3-2-4-6-15/h2-8,11-12,14H,9-10,13,23H2,1H3,(H3,24,25). The van der Waals surface area contributed by atoms with Crippen LogP contribution in [0.1, 0.15) is 29.9 Å². The fraction of sp³-hybridized carbons (Fsp3) is 0.238. The second kappa shape index (κ2) is 8.67. The van der Waals surface area contributed by atoms with Crippen LogP contribution in [-0.4, -0.2) is 29.1 Å². The highest BCUT2D eigenvalue weighted by Crippen LogP contribution is 2.29. The highest BCUT2D eigenvalue weighted by Gasteiger charge is 2.18. The van der Waals surface area contributed by atoms with Gasteiger partial charge in [-0.3, -0.25) is 5.41 Å². The molecule has 3 rings (SSSR count). The summed E-state index contributed by atoms with van der Waals surface area (Å²) in [5, 5.41) is 11.6. The van der Waals surface area contributed by atoms with Gasteiger partial charge in [-0.05, 0) is 17.2 Å². The third kappa shape index (κ3) is 4.37. The lowest BCUT2D eigenvalue weighted by Gasteiger charge is -2.19. The quantitative estimate of drug-likeness (QED) is 0.430. The van der Waals surface area contributed by atoms with Gasteiger partial charge in [0.1, 0.15) is 17.3 Å². The zero-order valence-electron chi connectivity index (χ0n) is 15.7. The molecule has 0 amide bonds. The predicted octanol–water partition coefficient (Wildman–Crippen LogP) is 3.29. The highest BCUT2D eigenvalue weighted by molar-refractivity contribution is 5.74. The third-order valence-corrected chi connectivity index (χ3v) is 4.67. The molecule has 0 spiro atoms. The molecule has 1 unspecified atom stereocenters. The molecule has 28 heavy (non-hydrogen) atoms. The van der Waals surface area contributed by atoms with Crippen LogP contribution in [0.3, 0.4) is 0 Å². The number of rotatable bonds is 7. The van der Waals surface area contributed by atoms with Crippen LogP contribution in [0.2, 0.25) is 0 Å². The number of hydrogen-bond acceptors (Lipinski definition) is 4. The van der Waals surface area contributed by atoms with Crippen LogP contribution in [0.15, 0.2) is 59.1 Å². The molecule has 6 nitrogen and oxygen atoms in total. The van der Waals surface area contributed by atoms with Gasteiger partial charge in [-0.1, -0.05) is 54.5 Å². The maximum Gasteiger partial charge on any atom is 0.188 e. The maximum atomic E-state index is 14.7. The lowest BCUT2D eigenvalue weighted by molar-refractivity contribution is 0.350. The molecule has 1 heterocycles. The van der Waals surface area contributed by atoms with E-state index in [4.69, 9.17) is 21.4 Å². The fourth-order valence-corrected chi connectivity index (χ4v) is 3.06. The van der Waals surface area contributed by atoms with Crippen LogP contribution in [0.4, 0.5) is 4.39 Å². The van der Waals surface area contributed by atoms with Gasteiger partial charge < -0.3 is 20.9 Å². The molecule has 0 radical (unpaired) electrons. The molecule has 0 aliphatic rings. The van der Waals surface area contributed by atoms with Crippen molar-refractivity contribution >= 4 is 5.96 Å². The van der Waals surface area contributed by atoms with Crippen molar-refractivity contribution in [2.24, 2.45) is 11.5 Å². The lowest BCUT2D eigenvalue weighted by Crippen LogP contribution is -2.39. The number of guanidine groups is 1. The number of halogens is 1. The van der Waals surface area contributed by atoms with Crippen molar-refractivity contribution in [1.82, 2.24) is 10.1 Å². The van der Waals surface area contributed by atoms with Crippen molar-refractivity contribution in [1.29, 1.82) is 5.41 Å². The zero-order valence-corrected chi connectivity index (χ0v) is 15.7. The number of benzene rings is 2.